The van der Waals surface area contributed by atoms with Crippen LogP contribution in [0.5, 0.6) is 5.75 Å². The van der Waals surface area contributed by atoms with Gasteiger partial charge in [0, 0.05) is 5.56 Å². The van der Waals surface area contributed by atoms with Gasteiger partial charge in [0.05, 0.1) is 18.4 Å². The Morgan fingerprint density at radius 3 is 2.47 bits per heavy atom. The van der Waals surface area contributed by atoms with E-state index in [1.165, 1.54) is 24.0 Å². The minimum absolute atomic E-state index is 0.161. The lowest BCUT2D eigenvalue weighted by Gasteiger charge is -2.16. The van der Waals surface area contributed by atoms with Crippen LogP contribution in [-0.2, 0) is 0 Å². The van der Waals surface area contributed by atoms with E-state index in [4.69, 9.17) is 9.15 Å². The molecule has 1 saturated carbocycles. The Bertz CT molecular complexity index is 540. The third-order valence-electron chi connectivity index (χ3n) is 3.54. The highest BCUT2D eigenvalue weighted by Crippen LogP contribution is 2.29. The Kier molecular flexibility index (Phi) is 3.30. The van der Waals surface area contributed by atoms with Crippen molar-refractivity contribution in [1.29, 1.82) is 0 Å². The lowest BCUT2D eigenvalue weighted by atomic mass is 9.99. The van der Waals surface area contributed by atoms with Crippen molar-refractivity contribution in [2.24, 2.45) is 0 Å². The number of nitrogens with one attached hydrogen (secondary N) is 1. The fourth-order valence-electron chi connectivity index (χ4n) is 2.31. The van der Waals surface area contributed by atoms with E-state index >= 15 is 0 Å². The predicted molar refractivity (Wildman–Crippen MR) is 74.4 cm³/mol. The highest BCUT2D eigenvalue weighted by atomic mass is 16.5. The maximum absolute atomic E-state index is 5.77. The van der Waals surface area contributed by atoms with Crippen molar-refractivity contribution in [3.05, 3.63) is 53.5 Å². The molecule has 3 rings (SSSR count). The molecule has 0 saturated heterocycles. The van der Waals surface area contributed by atoms with Crippen LogP contribution in [-0.4, -0.2) is 13.2 Å². The normalized spacial score (nSPS) is 16.3. The summed E-state index contributed by atoms with van der Waals surface area (Å²) in [5.41, 5.74) is 2.40. The fourth-order valence-corrected chi connectivity index (χ4v) is 2.31. The molecule has 3 heteroatoms. The van der Waals surface area contributed by atoms with Crippen LogP contribution in [0.15, 0.2) is 41.0 Å². The Balaban J connectivity index is 1.81. The number of hydrogen-bond acceptors (Lipinski definition) is 3. The number of furan rings is 1. The van der Waals surface area contributed by atoms with E-state index in [1.54, 1.807) is 6.26 Å². The third kappa shape index (κ3) is 2.66. The Morgan fingerprint density at radius 2 is 1.95 bits per heavy atom. The summed E-state index contributed by atoms with van der Waals surface area (Å²) >= 11 is 0. The van der Waals surface area contributed by atoms with Gasteiger partial charge in [0.25, 0.3) is 0 Å². The molecule has 2 aromatic rings. The molecule has 1 aromatic heterocycles. The van der Waals surface area contributed by atoms with Crippen molar-refractivity contribution in [1.82, 2.24) is 5.32 Å². The smallest absolute Gasteiger partial charge is 0.119 e. The summed E-state index contributed by atoms with van der Waals surface area (Å²) in [7, 11) is 1.96. The summed E-state index contributed by atoms with van der Waals surface area (Å²) in [4.78, 5) is 0. The summed E-state index contributed by atoms with van der Waals surface area (Å²) < 4.78 is 11.2. The summed E-state index contributed by atoms with van der Waals surface area (Å²) in [5.74, 6) is 1.92. The van der Waals surface area contributed by atoms with Crippen molar-refractivity contribution < 1.29 is 9.15 Å². The van der Waals surface area contributed by atoms with E-state index in [1.807, 2.05) is 32.2 Å². The van der Waals surface area contributed by atoms with Crippen molar-refractivity contribution in [3.8, 4) is 5.75 Å². The van der Waals surface area contributed by atoms with Gasteiger partial charge in [-0.3, -0.25) is 0 Å². The summed E-state index contributed by atoms with van der Waals surface area (Å²) in [6.45, 7) is 1.99. The molecule has 0 spiro atoms. The Labute approximate surface area is 113 Å². The highest BCUT2D eigenvalue weighted by molar-refractivity contribution is 5.36. The first-order valence-electron chi connectivity index (χ1n) is 6.76. The molecule has 1 aliphatic rings. The molecule has 100 valence electrons. The monoisotopic (exact) mass is 257 g/mol. The minimum Gasteiger partial charge on any atom is -0.490 e. The van der Waals surface area contributed by atoms with Gasteiger partial charge in [-0.2, -0.15) is 0 Å². The molecule has 1 aromatic carbocycles. The summed E-state index contributed by atoms with van der Waals surface area (Å²) in [6, 6.07) is 10.5. The molecule has 0 bridgehead atoms. The standard InChI is InChI=1S/C16H19NO2/c1-11-15(9-10-18-11)16(17-2)12-3-5-13(6-4-12)19-14-7-8-14/h3-6,9-10,14,16-17H,7-8H2,1-2H3. The fraction of sp³-hybridized carbons (Fsp3) is 0.375. The first kappa shape index (κ1) is 12.3. The average Bonchev–Trinajstić information content (AvgIpc) is 3.14. The molecule has 19 heavy (non-hydrogen) atoms. The molecular formula is C16H19NO2. The lowest BCUT2D eigenvalue weighted by Crippen LogP contribution is -2.17. The van der Waals surface area contributed by atoms with Gasteiger partial charge in [0.2, 0.25) is 0 Å². The largest absolute Gasteiger partial charge is 0.490 e. The molecule has 3 nitrogen and oxygen atoms in total. The van der Waals surface area contributed by atoms with Gasteiger partial charge in [-0.1, -0.05) is 12.1 Å². The average molecular weight is 257 g/mol. The van der Waals surface area contributed by atoms with E-state index < -0.39 is 0 Å². The molecular weight excluding hydrogens is 238 g/mol. The van der Waals surface area contributed by atoms with E-state index in [0.717, 1.165) is 11.5 Å². The Morgan fingerprint density at radius 1 is 1.21 bits per heavy atom. The number of benzene rings is 1. The van der Waals surface area contributed by atoms with E-state index in [9.17, 15) is 0 Å². The van der Waals surface area contributed by atoms with Gasteiger partial charge < -0.3 is 14.5 Å². The van der Waals surface area contributed by atoms with Gasteiger partial charge in [0.15, 0.2) is 0 Å². The molecule has 0 amide bonds. The molecule has 1 fully saturated rings. The quantitative estimate of drug-likeness (QED) is 0.891. The minimum atomic E-state index is 0.161. The highest BCUT2D eigenvalue weighted by Gasteiger charge is 2.23. The molecule has 0 aliphatic heterocycles. The van der Waals surface area contributed by atoms with Gasteiger partial charge in [-0.05, 0) is 50.6 Å². The first-order chi connectivity index (χ1) is 9.28. The molecule has 1 N–H and O–H groups in total. The summed E-state index contributed by atoms with van der Waals surface area (Å²) in [6.07, 6.45) is 4.56. The van der Waals surface area contributed by atoms with Crippen molar-refractivity contribution in [2.45, 2.75) is 31.9 Å². The molecule has 1 heterocycles. The maximum atomic E-state index is 5.77. The van der Waals surface area contributed by atoms with Crippen LogP contribution in [0.25, 0.3) is 0 Å². The zero-order chi connectivity index (χ0) is 13.2. The van der Waals surface area contributed by atoms with Crippen molar-refractivity contribution in [2.75, 3.05) is 7.05 Å². The van der Waals surface area contributed by atoms with Crippen LogP contribution in [0.4, 0.5) is 0 Å². The van der Waals surface area contributed by atoms with Gasteiger partial charge in [0.1, 0.15) is 11.5 Å². The number of hydrogen-bond donors (Lipinski definition) is 1. The van der Waals surface area contributed by atoms with Crippen LogP contribution >= 0.6 is 0 Å². The van der Waals surface area contributed by atoms with Gasteiger partial charge in [-0.25, -0.2) is 0 Å². The first-order valence-corrected chi connectivity index (χ1v) is 6.76. The summed E-state index contributed by atoms with van der Waals surface area (Å²) in [5, 5.41) is 3.33. The second kappa shape index (κ2) is 5.10. The molecule has 1 atom stereocenters. The van der Waals surface area contributed by atoms with Crippen molar-refractivity contribution in [3.63, 3.8) is 0 Å². The zero-order valence-corrected chi connectivity index (χ0v) is 11.3. The van der Waals surface area contributed by atoms with Crippen molar-refractivity contribution >= 4 is 0 Å². The van der Waals surface area contributed by atoms with Crippen LogP contribution in [0, 0.1) is 6.92 Å². The SMILES string of the molecule is CNC(c1ccc(OC2CC2)cc1)c1ccoc1C. The Hall–Kier alpha value is -1.74. The van der Waals surface area contributed by atoms with E-state index in [2.05, 4.69) is 17.4 Å². The van der Waals surface area contributed by atoms with Crippen LogP contribution in [0.1, 0.15) is 35.8 Å². The zero-order valence-electron chi connectivity index (χ0n) is 11.3. The lowest BCUT2D eigenvalue weighted by molar-refractivity contribution is 0.303. The van der Waals surface area contributed by atoms with Crippen LogP contribution < -0.4 is 10.1 Å². The van der Waals surface area contributed by atoms with Crippen LogP contribution in [0.2, 0.25) is 0 Å². The molecule has 1 unspecified atom stereocenters. The predicted octanol–water partition coefficient (Wildman–Crippen LogP) is 3.44. The van der Waals surface area contributed by atoms with Gasteiger partial charge >= 0.3 is 0 Å². The molecule has 0 radical (unpaired) electrons. The second-order valence-electron chi connectivity index (χ2n) is 5.04. The number of rotatable bonds is 5. The second-order valence-corrected chi connectivity index (χ2v) is 5.04. The van der Waals surface area contributed by atoms with E-state index in [-0.39, 0.29) is 6.04 Å². The molecule has 1 aliphatic carbocycles. The topological polar surface area (TPSA) is 34.4 Å². The number of ether oxygens (including phenoxy) is 1. The third-order valence-corrected chi connectivity index (χ3v) is 3.54. The van der Waals surface area contributed by atoms with Crippen LogP contribution in [0.3, 0.4) is 0 Å². The maximum Gasteiger partial charge on any atom is 0.119 e. The van der Waals surface area contributed by atoms with E-state index in [0.29, 0.717) is 6.10 Å². The van der Waals surface area contributed by atoms with Gasteiger partial charge in [-0.15, -0.1) is 0 Å². The number of aryl methyl sites for hydroxylation is 1.